The number of urea groups is 1. The predicted molar refractivity (Wildman–Crippen MR) is 80.9 cm³/mol. The van der Waals surface area contributed by atoms with Crippen molar-refractivity contribution in [3.05, 3.63) is 41.5 Å². The SMILES string of the molecule is Cc1ccc(/C=C/C(=O)O[C@@H](C)C(=O)N2CCNC2=O)cc1. The number of hydrogen-bond donors (Lipinski definition) is 1. The first-order valence-corrected chi connectivity index (χ1v) is 7.02. The highest BCUT2D eigenvalue weighted by Gasteiger charge is 2.31. The first-order chi connectivity index (χ1) is 10.5. The van der Waals surface area contributed by atoms with Gasteiger partial charge >= 0.3 is 12.0 Å². The molecular formula is C16H18N2O4. The van der Waals surface area contributed by atoms with Crippen LogP contribution in [0.3, 0.4) is 0 Å². The number of aryl methyl sites for hydroxylation is 1. The molecular weight excluding hydrogens is 284 g/mol. The minimum Gasteiger partial charge on any atom is -0.449 e. The molecule has 1 aromatic rings. The third-order valence-corrected chi connectivity index (χ3v) is 3.25. The highest BCUT2D eigenvalue weighted by molar-refractivity contribution is 5.99. The van der Waals surface area contributed by atoms with E-state index in [1.165, 1.54) is 13.0 Å². The molecule has 0 bridgehead atoms. The van der Waals surface area contributed by atoms with Crippen molar-refractivity contribution in [1.29, 1.82) is 0 Å². The van der Waals surface area contributed by atoms with Gasteiger partial charge in [0, 0.05) is 19.2 Å². The van der Waals surface area contributed by atoms with E-state index in [1.807, 2.05) is 31.2 Å². The van der Waals surface area contributed by atoms with Crippen LogP contribution in [0, 0.1) is 6.92 Å². The average Bonchev–Trinajstić information content (AvgIpc) is 2.92. The van der Waals surface area contributed by atoms with Crippen LogP contribution in [0.4, 0.5) is 4.79 Å². The van der Waals surface area contributed by atoms with E-state index in [9.17, 15) is 14.4 Å². The van der Waals surface area contributed by atoms with Gasteiger partial charge in [-0.3, -0.25) is 9.69 Å². The Hall–Kier alpha value is -2.63. The molecule has 2 rings (SSSR count). The summed E-state index contributed by atoms with van der Waals surface area (Å²) in [5, 5.41) is 2.52. The number of hydrogen-bond acceptors (Lipinski definition) is 4. The summed E-state index contributed by atoms with van der Waals surface area (Å²) in [5.41, 5.74) is 1.99. The fourth-order valence-corrected chi connectivity index (χ4v) is 2.01. The van der Waals surface area contributed by atoms with Crippen LogP contribution in [-0.2, 0) is 14.3 Å². The fraction of sp³-hybridized carbons (Fsp3) is 0.312. The predicted octanol–water partition coefficient (Wildman–Crippen LogP) is 1.49. The molecule has 1 saturated heterocycles. The topological polar surface area (TPSA) is 75.7 Å². The zero-order chi connectivity index (χ0) is 16.1. The van der Waals surface area contributed by atoms with E-state index in [4.69, 9.17) is 4.74 Å². The van der Waals surface area contributed by atoms with Gasteiger partial charge in [-0.05, 0) is 25.5 Å². The third-order valence-electron chi connectivity index (χ3n) is 3.25. The Bertz CT molecular complexity index is 607. The van der Waals surface area contributed by atoms with Crippen molar-refractivity contribution < 1.29 is 19.1 Å². The van der Waals surface area contributed by atoms with Crippen LogP contribution >= 0.6 is 0 Å². The second-order valence-electron chi connectivity index (χ2n) is 5.04. The van der Waals surface area contributed by atoms with Gasteiger partial charge in [-0.25, -0.2) is 9.59 Å². The Labute approximate surface area is 128 Å². The van der Waals surface area contributed by atoms with Crippen LogP contribution < -0.4 is 5.32 Å². The standard InChI is InChI=1S/C16H18N2O4/c1-11-3-5-13(6-4-11)7-8-14(19)22-12(2)15(20)18-10-9-17-16(18)21/h3-8,12H,9-10H2,1-2H3,(H,17,21)/b8-7+/t12-/m0/s1. The normalized spacial score (nSPS) is 15.7. The fourth-order valence-electron chi connectivity index (χ4n) is 2.01. The summed E-state index contributed by atoms with van der Waals surface area (Å²) in [4.78, 5) is 36.1. The van der Waals surface area contributed by atoms with E-state index in [-0.39, 0.29) is 0 Å². The van der Waals surface area contributed by atoms with Gasteiger partial charge in [-0.15, -0.1) is 0 Å². The maximum Gasteiger partial charge on any atom is 0.331 e. The number of esters is 1. The molecule has 1 N–H and O–H groups in total. The number of nitrogens with zero attached hydrogens (tertiary/aromatic N) is 1. The molecule has 0 saturated carbocycles. The Morgan fingerprint density at radius 2 is 2.00 bits per heavy atom. The number of imide groups is 1. The van der Waals surface area contributed by atoms with Gasteiger partial charge in [-0.2, -0.15) is 0 Å². The summed E-state index contributed by atoms with van der Waals surface area (Å²) in [6.07, 6.45) is 1.87. The molecule has 0 radical (unpaired) electrons. The number of carbonyl (C=O) groups is 3. The molecule has 3 amide bonds. The highest BCUT2D eigenvalue weighted by atomic mass is 16.5. The van der Waals surface area contributed by atoms with Crippen molar-refractivity contribution in [3.63, 3.8) is 0 Å². The van der Waals surface area contributed by atoms with Crippen LogP contribution in [0.1, 0.15) is 18.1 Å². The molecule has 0 spiro atoms. The molecule has 1 aromatic carbocycles. The summed E-state index contributed by atoms with van der Waals surface area (Å²) in [6.45, 7) is 4.13. The van der Waals surface area contributed by atoms with Gasteiger partial charge in [0.25, 0.3) is 5.91 Å². The van der Waals surface area contributed by atoms with Crippen LogP contribution in [0.2, 0.25) is 0 Å². The Morgan fingerprint density at radius 3 is 2.59 bits per heavy atom. The van der Waals surface area contributed by atoms with E-state index >= 15 is 0 Å². The first kappa shape index (κ1) is 15.8. The van der Waals surface area contributed by atoms with Crippen molar-refractivity contribution >= 4 is 24.0 Å². The Kier molecular flexibility index (Phi) is 4.93. The number of amides is 3. The molecule has 6 heteroatoms. The quantitative estimate of drug-likeness (QED) is 0.675. The van der Waals surface area contributed by atoms with Crippen LogP contribution in [0.25, 0.3) is 6.08 Å². The minimum absolute atomic E-state index is 0.290. The maximum absolute atomic E-state index is 12.0. The van der Waals surface area contributed by atoms with E-state index in [2.05, 4.69) is 5.32 Å². The maximum atomic E-state index is 12.0. The smallest absolute Gasteiger partial charge is 0.331 e. The summed E-state index contributed by atoms with van der Waals surface area (Å²) >= 11 is 0. The first-order valence-electron chi connectivity index (χ1n) is 7.02. The lowest BCUT2D eigenvalue weighted by Crippen LogP contribution is -2.41. The lowest BCUT2D eigenvalue weighted by atomic mass is 10.1. The van der Waals surface area contributed by atoms with Gasteiger partial charge < -0.3 is 10.1 Å². The second-order valence-corrected chi connectivity index (χ2v) is 5.04. The molecule has 1 fully saturated rings. The molecule has 1 aliphatic heterocycles. The van der Waals surface area contributed by atoms with Crippen molar-refractivity contribution in [3.8, 4) is 0 Å². The van der Waals surface area contributed by atoms with E-state index in [1.54, 1.807) is 6.08 Å². The minimum atomic E-state index is -1.00. The number of rotatable bonds is 4. The average molecular weight is 302 g/mol. The number of nitrogens with one attached hydrogen (secondary N) is 1. The Balaban J connectivity index is 1.89. The van der Waals surface area contributed by atoms with Gasteiger partial charge in [0.2, 0.25) is 0 Å². The summed E-state index contributed by atoms with van der Waals surface area (Å²) < 4.78 is 5.02. The van der Waals surface area contributed by atoms with Gasteiger partial charge in [-0.1, -0.05) is 29.8 Å². The molecule has 116 valence electrons. The number of benzene rings is 1. The van der Waals surface area contributed by atoms with Gasteiger partial charge in [0.05, 0.1) is 0 Å². The molecule has 6 nitrogen and oxygen atoms in total. The zero-order valence-electron chi connectivity index (χ0n) is 12.5. The summed E-state index contributed by atoms with van der Waals surface area (Å²) in [6, 6.07) is 7.17. The molecule has 1 heterocycles. The largest absolute Gasteiger partial charge is 0.449 e. The number of ether oxygens (including phenoxy) is 1. The number of carbonyl (C=O) groups excluding carboxylic acids is 3. The van der Waals surface area contributed by atoms with E-state index in [0.717, 1.165) is 16.0 Å². The third kappa shape index (κ3) is 3.94. The second kappa shape index (κ2) is 6.89. The van der Waals surface area contributed by atoms with Crippen molar-refractivity contribution in [2.45, 2.75) is 20.0 Å². The zero-order valence-corrected chi connectivity index (χ0v) is 12.5. The molecule has 1 atom stereocenters. The molecule has 0 aliphatic carbocycles. The van der Waals surface area contributed by atoms with Gasteiger partial charge in [0.1, 0.15) is 0 Å². The van der Waals surface area contributed by atoms with Crippen molar-refractivity contribution in [1.82, 2.24) is 10.2 Å². The molecule has 0 aromatic heterocycles. The summed E-state index contributed by atoms with van der Waals surface area (Å²) in [5.74, 6) is -1.15. The van der Waals surface area contributed by atoms with Crippen molar-refractivity contribution in [2.75, 3.05) is 13.1 Å². The highest BCUT2D eigenvalue weighted by Crippen LogP contribution is 2.07. The molecule has 22 heavy (non-hydrogen) atoms. The van der Waals surface area contributed by atoms with E-state index in [0.29, 0.717) is 13.1 Å². The lowest BCUT2D eigenvalue weighted by molar-refractivity contribution is -0.153. The van der Waals surface area contributed by atoms with E-state index < -0.39 is 24.0 Å². The molecule has 0 unspecified atom stereocenters. The van der Waals surface area contributed by atoms with Crippen LogP contribution in [-0.4, -0.2) is 42.0 Å². The summed E-state index contributed by atoms with van der Waals surface area (Å²) in [7, 11) is 0. The van der Waals surface area contributed by atoms with Gasteiger partial charge in [0.15, 0.2) is 6.10 Å². The lowest BCUT2D eigenvalue weighted by Gasteiger charge is -2.17. The molecule has 1 aliphatic rings. The van der Waals surface area contributed by atoms with Crippen molar-refractivity contribution in [2.24, 2.45) is 0 Å². The van der Waals surface area contributed by atoms with Crippen LogP contribution in [0.15, 0.2) is 30.3 Å². The van der Waals surface area contributed by atoms with Crippen LogP contribution in [0.5, 0.6) is 0 Å². The monoisotopic (exact) mass is 302 g/mol. The Morgan fingerprint density at radius 1 is 1.32 bits per heavy atom.